The molecule has 4 rings (SSSR count). The van der Waals surface area contributed by atoms with E-state index >= 15 is 0 Å². The van der Waals surface area contributed by atoms with Crippen LogP contribution in [0.5, 0.6) is 0 Å². The van der Waals surface area contributed by atoms with Crippen LogP contribution in [0.1, 0.15) is 5.76 Å². The lowest BCUT2D eigenvalue weighted by Gasteiger charge is -2.04. The SMILES string of the molecule is O=C(CSc1nnc(NCc2ccco2)s1)Nc1ccc(N=Nc2ccccc2)cc1. The van der Waals surface area contributed by atoms with Gasteiger partial charge in [-0.25, -0.2) is 0 Å². The third-order valence-corrected chi connectivity index (χ3v) is 5.93. The van der Waals surface area contributed by atoms with Crippen LogP contribution in [0.4, 0.5) is 22.2 Å². The molecule has 1 amide bonds. The van der Waals surface area contributed by atoms with Gasteiger partial charge in [-0.05, 0) is 48.5 Å². The monoisotopic (exact) mass is 450 g/mol. The predicted molar refractivity (Wildman–Crippen MR) is 122 cm³/mol. The van der Waals surface area contributed by atoms with Gasteiger partial charge in [0.05, 0.1) is 29.9 Å². The zero-order valence-corrected chi connectivity index (χ0v) is 17.9. The standard InChI is InChI=1S/C21H18N6O2S2/c28-19(14-30-21-27-26-20(31-21)22-13-18-7-4-12-29-18)23-15-8-10-17(11-9-15)25-24-16-5-2-1-3-6-16/h1-12H,13-14H2,(H,22,26)(H,23,28). The summed E-state index contributed by atoms with van der Waals surface area (Å²) in [6.45, 7) is 0.535. The number of nitrogens with one attached hydrogen (secondary N) is 2. The Kier molecular flexibility index (Phi) is 7.04. The molecule has 2 aromatic carbocycles. The lowest BCUT2D eigenvalue weighted by molar-refractivity contribution is -0.113. The Morgan fingerprint density at radius 2 is 1.74 bits per heavy atom. The molecule has 0 fully saturated rings. The van der Waals surface area contributed by atoms with Crippen LogP contribution in [-0.2, 0) is 11.3 Å². The first-order valence-electron chi connectivity index (χ1n) is 9.34. The van der Waals surface area contributed by atoms with Gasteiger partial charge in [-0.1, -0.05) is 41.3 Å². The molecule has 0 spiro atoms. The molecular weight excluding hydrogens is 432 g/mol. The predicted octanol–water partition coefficient (Wildman–Crippen LogP) is 5.89. The van der Waals surface area contributed by atoms with Crippen molar-refractivity contribution in [3.8, 4) is 0 Å². The van der Waals surface area contributed by atoms with Crippen molar-refractivity contribution in [2.45, 2.75) is 10.9 Å². The lowest BCUT2D eigenvalue weighted by Crippen LogP contribution is -2.13. The van der Waals surface area contributed by atoms with Crippen molar-refractivity contribution in [1.82, 2.24) is 10.2 Å². The molecule has 0 aliphatic rings. The van der Waals surface area contributed by atoms with Crippen molar-refractivity contribution < 1.29 is 9.21 Å². The topological polar surface area (TPSA) is 105 Å². The maximum Gasteiger partial charge on any atom is 0.234 e. The zero-order chi connectivity index (χ0) is 21.3. The van der Waals surface area contributed by atoms with E-state index in [1.165, 1.54) is 23.1 Å². The van der Waals surface area contributed by atoms with Crippen molar-refractivity contribution in [2.24, 2.45) is 10.2 Å². The Labute approximate surface area is 186 Å². The highest BCUT2D eigenvalue weighted by Crippen LogP contribution is 2.26. The van der Waals surface area contributed by atoms with Gasteiger partial charge in [-0.3, -0.25) is 4.79 Å². The molecule has 0 aliphatic carbocycles. The van der Waals surface area contributed by atoms with Crippen molar-refractivity contribution >= 4 is 51.2 Å². The highest BCUT2D eigenvalue weighted by Gasteiger charge is 2.09. The van der Waals surface area contributed by atoms with Crippen LogP contribution < -0.4 is 10.6 Å². The summed E-state index contributed by atoms with van der Waals surface area (Å²) in [5, 5.41) is 23.2. The van der Waals surface area contributed by atoms with Crippen molar-refractivity contribution in [1.29, 1.82) is 0 Å². The van der Waals surface area contributed by atoms with Crippen molar-refractivity contribution in [3.63, 3.8) is 0 Å². The van der Waals surface area contributed by atoms with Crippen LogP contribution in [0.15, 0.2) is 92.0 Å². The summed E-state index contributed by atoms with van der Waals surface area (Å²) in [5.41, 5.74) is 2.19. The van der Waals surface area contributed by atoms with E-state index in [0.717, 1.165) is 11.4 Å². The van der Waals surface area contributed by atoms with Gasteiger partial charge in [0, 0.05) is 5.69 Å². The number of amides is 1. The molecule has 0 aliphatic heterocycles. The Balaban J connectivity index is 1.22. The molecule has 2 heterocycles. The Bertz CT molecular complexity index is 1130. The van der Waals surface area contributed by atoms with Crippen LogP contribution in [-0.4, -0.2) is 21.9 Å². The zero-order valence-electron chi connectivity index (χ0n) is 16.3. The van der Waals surface area contributed by atoms with Crippen LogP contribution in [0.25, 0.3) is 0 Å². The first-order valence-corrected chi connectivity index (χ1v) is 11.1. The molecule has 156 valence electrons. The molecule has 0 radical (unpaired) electrons. The first kappa shape index (κ1) is 20.8. The number of aromatic nitrogens is 2. The Hall–Kier alpha value is -3.50. The van der Waals surface area contributed by atoms with Gasteiger partial charge in [0.15, 0.2) is 4.34 Å². The number of thioether (sulfide) groups is 1. The van der Waals surface area contributed by atoms with E-state index in [1.807, 2.05) is 42.5 Å². The third-order valence-electron chi connectivity index (χ3n) is 3.92. The third kappa shape index (κ3) is 6.49. The fourth-order valence-electron chi connectivity index (χ4n) is 2.46. The van der Waals surface area contributed by atoms with Gasteiger partial charge in [-0.15, -0.1) is 10.2 Å². The van der Waals surface area contributed by atoms with Gasteiger partial charge in [0.2, 0.25) is 11.0 Å². The van der Waals surface area contributed by atoms with E-state index < -0.39 is 0 Å². The van der Waals surface area contributed by atoms with Crippen LogP contribution in [0.2, 0.25) is 0 Å². The summed E-state index contributed by atoms with van der Waals surface area (Å²) in [5.74, 6) is 0.933. The quantitative estimate of drug-likeness (QED) is 0.243. The molecule has 0 saturated heterocycles. The van der Waals surface area contributed by atoms with Gasteiger partial charge in [-0.2, -0.15) is 10.2 Å². The molecule has 8 nitrogen and oxygen atoms in total. The molecule has 0 atom stereocenters. The largest absolute Gasteiger partial charge is 0.467 e. The van der Waals surface area contributed by atoms with Crippen molar-refractivity contribution in [3.05, 3.63) is 78.8 Å². The molecular formula is C21H18N6O2S2. The average Bonchev–Trinajstić information content (AvgIpc) is 3.48. The lowest BCUT2D eigenvalue weighted by atomic mass is 10.3. The summed E-state index contributed by atoms with van der Waals surface area (Å²) in [4.78, 5) is 12.2. The summed E-state index contributed by atoms with van der Waals surface area (Å²) in [6, 6.07) is 20.4. The number of carbonyl (C=O) groups is 1. The van der Waals surface area contributed by atoms with Crippen LogP contribution >= 0.6 is 23.1 Å². The van der Waals surface area contributed by atoms with E-state index in [0.29, 0.717) is 27.4 Å². The van der Waals surface area contributed by atoms with E-state index in [-0.39, 0.29) is 11.7 Å². The second kappa shape index (κ2) is 10.5. The van der Waals surface area contributed by atoms with E-state index in [4.69, 9.17) is 4.42 Å². The fourth-order valence-corrected chi connectivity index (χ4v) is 4.01. The van der Waals surface area contributed by atoms with Crippen LogP contribution in [0, 0.1) is 0 Å². The average molecular weight is 451 g/mol. The number of hydrogen-bond acceptors (Lipinski definition) is 9. The molecule has 0 unspecified atom stereocenters. The Morgan fingerprint density at radius 1 is 0.968 bits per heavy atom. The fraction of sp³-hybridized carbons (Fsp3) is 0.0952. The van der Waals surface area contributed by atoms with E-state index in [2.05, 4.69) is 31.1 Å². The van der Waals surface area contributed by atoms with Gasteiger partial charge in [0.1, 0.15) is 5.76 Å². The number of hydrogen-bond donors (Lipinski definition) is 2. The number of benzene rings is 2. The molecule has 31 heavy (non-hydrogen) atoms. The van der Waals surface area contributed by atoms with Gasteiger partial charge in [0.25, 0.3) is 0 Å². The molecule has 0 saturated carbocycles. The highest BCUT2D eigenvalue weighted by atomic mass is 32.2. The second-order valence-corrected chi connectivity index (χ2v) is 8.43. The van der Waals surface area contributed by atoms with Crippen LogP contribution in [0.3, 0.4) is 0 Å². The van der Waals surface area contributed by atoms with E-state index in [1.54, 1.807) is 30.5 Å². The summed E-state index contributed by atoms with van der Waals surface area (Å²) in [6.07, 6.45) is 1.62. The number of furan rings is 1. The second-order valence-electron chi connectivity index (χ2n) is 6.23. The summed E-state index contributed by atoms with van der Waals surface area (Å²) >= 11 is 2.73. The smallest absolute Gasteiger partial charge is 0.234 e. The molecule has 4 aromatic rings. The minimum atomic E-state index is -0.121. The number of carbonyl (C=O) groups excluding carboxylic acids is 1. The number of rotatable bonds is 9. The normalized spacial score (nSPS) is 11.0. The maximum atomic E-state index is 12.2. The van der Waals surface area contributed by atoms with Gasteiger partial charge < -0.3 is 15.1 Å². The summed E-state index contributed by atoms with van der Waals surface area (Å²) < 4.78 is 5.98. The number of nitrogens with zero attached hydrogens (tertiary/aromatic N) is 4. The number of anilines is 2. The number of azo groups is 1. The summed E-state index contributed by atoms with van der Waals surface area (Å²) in [7, 11) is 0. The molecule has 10 heteroatoms. The minimum absolute atomic E-state index is 0.121. The first-order chi connectivity index (χ1) is 15.2. The molecule has 2 N–H and O–H groups in total. The van der Waals surface area contributed by atoms with Crippen molar-refractivity contribution in [2.75, 3.05) is 16.4 Å². The molecule has 2 aromatic heterocycles. The molecule has 0 bridgehead atoms. The van der Waals surface area contributed by atoms with E-state index in [9.17, 15) is 4.79 Å². The Morgan fingerprint density at radius 3 is 2.48 bits per heavy atom. The van der Waals surface area contributed by atoms with Gasteiger partial charge >= 0.3 is 0 Å². The minimum Gasteiger partial charge on any atom is -0.467 e. The maximum absolute atomic E-state index is 12.2. The highest BCUT2D eigenvalue weighted by molar-refractivity contribution is 8.01.